The second-order valence-electron chi connectivity index (χ2n) is 23.4. The maximum atomic E-state index is 17.2. The van der Waals surface area contributed by atoms with Crippen molar-refractivity contribution in [2.24, 2.45) is 0 Å². The van der Waals surface area contributed by atoms with Gasteiger partial charge in [0.05, 0.1) is 5.69 Å². The minimum Gasteiger partial charge on any atom is -0.440 e. The molecule has 3 heterocycles. The van der Waals surface area contributed by atoms with Crippen molar-refractivity contribution >= 4 is 68.4 Å². The van der Waals surface area contributed by atoms with Gasteiger partial charge in [-0.1, -0.05) is 136 Å². The summed E-state index contributed by atoms with van der Waals surface area (Å²) >= 11 is 0. The highest BCUT2D eigenvalue weighted by Gasteiger charge is 2.49. The van der Waals surface area contributed by atoms with Crippen LogP contribution in [0.3, 0.4) is 0 Å². The van der Waals surface area contributed by atoms with Crippen molar-refractivity contribution in [1.82, 2.24) is 0 Å². The van der Waals surface area contributed by atoms with Crippen molar-refractivity contribution in [1.29, 1.82) is 0 Å². The molecule has 324 valence electrons. The molecule has 6 aromatic carbocycles. The SMILES string of the molecule is Cc1ccc2oc3c(c2c1)B1c2cc4c(cc2N(c2ccc5c(c2)C(C)(C)CCC5(C)C)c2cc(F)cc(c21)N3c1ccc(C(C)(C)C)cc1-c1ccccc1)C(C)(C)CCC4(C)C. The second kappa shape index (κ2) is 13.5. The highest BCUT2D eigenvalue weighted by molar-refractivity contribution is 7.01. The molecule has 5 heteroatoms. The Morgan fingerprint density at radius 3 is 1.83 bits per heavy atom. The molecule has 0 spiro atoms. The van der Waals surface area contributed by atoms with Crippen molar-refractivity contribution in [3.05, 3.63) is 148 Å². The van der Waals surface area contributed by atoms with Crippen molar-refractivity contribution in [2.45, 2.75) is 136 Å². The normalized spacial score (nSPS) is 18.5. The largest absolute Gasteiger partial charge is 0.440 e. The molecule has 0 saturated heterocycles. The summed E-state index contributed by atoms with van der Waals surface area (Å²) in [7, 11) is 0. The molecule has 7 aromatic rings. The molecule has 4 aliphatic rings. The number of hydrogen-bond donors (Lipinski definition) is 0. The first-order chi connectivity index (χ1) is 30.1. The molecule has 1 aromatic heterocycles. The van der Waals surface area contributed by atoms with Gasteiger partial charge in [-0.15, -0.1) is 0 Å². The monoisotopic (exact) mass is 844 g/mol. The third kappa shape index (κ3) is 6.05. The van der Waals surface area contributed by atoms with Gasteiger partial charge < -0.3 is 9.32 Å². The molecular weight excluding hydrogens is 782 g/mol. The smallest absolute Gasteiger partial charge is 0.257 e. The zero-order valence-electron chi connectivity index (χ0n) is 40.0. The summed E-state index contributed by atoms with van der Waals surface area (Å²) in [6.45, 7) is 28.0. The van der Waals surface area contributed by atoms with Crippen LogP contribution in [-0.2, 0) is 27.1 Å². The number of halogens is 1. The van der Waals surface area contributed by atoms with Crippen LogP contribution in [0.15, 0.2) is 114 Å². The minimum atomic E-state index is -0.271. The van der Waals surface area contributed by atoms with Gasteiger partial charge in [0.1, 0.15) is 11.4 Å². The van der Waals surface area contributed by atoms with E-state index in [0.717, 1.165) is 93.0 Å². The predicted octanol–water partition coefficient (Wildman–Crippen LogP) is 14.6. The average Bonchev–Trinajstić information content (AvgIpc) is 3.61. The van der Waals surface area contributed by atoms with Crippen LogP contribution in [0, 0.1) is 12.7 Å². The highest BCUT2D eigenvalue weighted by atomic mass is 19.1. The summed E-state index contributed by atoms with van der Waals surface area (Å²) in [6.07, 6.45) is 4.48. The van der Waals surface area contributed by atoms with E-state index in [4.69, 9.17) is 4.42 Å². The third-order valence-corrected chi connectivity index (χ3v) is 16.1. The van der Waals surface area contributed by atoms with Crippen LogP contribution < -0.4 is 26.2 Å². The maximum absolute atomic E-state index is 17.2. The lowest BCUT2D eigenvalue weighted by molar-refractivity contribution is 0.332. The number of fused-ring (bicyclic) bond motifs is 8. The van der Waals surface area contributed by atoms with E-state index in [9.17, 15) is 0 Å². The van der Waals surface area contributed by atoms with Crippen LogP contribution in [0.1, 0.15) is 135 Å². The van der Waals surface area contributed by atoms with Gasteiger partial charge in [0, 0.05) is 39.2 Å². The van der Waals surface area contributed by atoms with Crippen LogP contribution in [0.25, 0.3) is 22.1 Å². The summed E-state index contributed by atoms with van der Waals surface area (Å²) in [4.78, 5) is 4.69. The van der Waals surface area contributed by atoms with Crippen LogP contribution in [0.4, 0.5) is 38.7 Å². The molecule has 0 unspecified atom stereocenters. The summed E-state index contributed by atoms with van der Waals surface area (Å²) in [5.74, 6) is 0.484. The van der Waals surface area contributed by atoms with Crippen LogP contribution in [0.2, 0.25) is 0 Å². The van der Waals surface area contributed by atoms with E-state index in [1.165, 1.54) is 38.8 Å². The van der Waals surface area contributed by atoms with E-state index in [-0.39, 0.29) is 39.6 Å². The van der Waals surface area contributed by atoms with E-state index < -0.39 is 0 Å². The summed E-state index contributed by atoms with van der Waals surface area (Å²) in [5, 5.41) is 1.10. The molecule has 0 fully saturated rings. The van der Waals surface area contributed by atoms with Crippen LogP contribution in [-0.4, -0.2) is 6.71 Å². The van der Waals surface area contributed by atoms with Gasteiger partial charge in [-0.3, -0.25) is 4.90 Å². The van der Waals surface area contributed by atoms with Gasteiger partial charge >= 0.3 is 0 Å². The first-order valence-corrected chi connectivity index (χ1v) is 23.7. The number of nitrogens with zero attached hydrogens (tertiary/aromatic N) is 2. The fourth-order valence-electron chi connectivity index (χ4n) is 11.9. The molecule has 0 atom stereocenters. The number of aryl methyl sites for hydroxylation is 1. The van der Waals surface area contributed by atoms with Crippen molar-refractivity contribution in [3.8, 4) is 11.1 Å². The van der Waals surface area contributed by atoms with E-state index in [2.05, 4.69) is 190 Å². The van der Waals surface area contributed by atoms with Crippen molar-refractivity contribution in [2.75, 3.05) is 9.80 Å². The van der Waals surface area contributed by atoms with E-state index in [1.807, 2.05) is 6.07 Å². The first-order valence-electron chi connectivity index (χ1n) is 23.7. The minimum absolute atomic E-state index is 0.00241. The number of benzene rings is 6. The lowest BCUT2D eigenvalue weighted by Gasteiger charge is -2.47. The third-order valence-electron chi connectivity index (χ3n) is 16.1. The topological polar surface area (TPSA) is 19.6 Å². The zero-order chi connectivity index (χ0) is 45.0. The highest BCUT2D eigenvalue weighted by Crippen LogP contribution is 2.54. The maximum Gasteiger partial charge on any atom is 0.257 e. The molecule has 0 bridgehead atoms. The molecule has 0 radical (unpaired) electrons. The molecule has 2 aliphatic heterocycles. The predicted molar refractivity (Wildman–Crippen MR) is 270 cm³/mol. The molecule has 0 N–H and O–H groups in total. The molecule has 2 aliphatic carbocycles. The lowest BCUT2D eigenvalue weighted by atomic mass is 9.33. The Kier molecular flexibility index (Phi) is 8.69. The standard InChI is InChI=1S/C59H62BFN2O/c1-35-18-23-51-41(28-35)52-54(64-51)63(47-22-19-37(55(2,3)4)29-40(47)36-16-14-13-15-17-36)50-31-38(61)30-49-53(50)60(52)46-33-44-45(59(11,12)27-26-58(44,9)10)34-48(46)62(49)39-20-21-42-43(32-39)57(7,8)25-24-56(42,5)6/h13-23,28-34H,24-27H2,1-12H3. The fourth-order valence-corrected chi connectivity index (χ4v) is 11.9. The van der Waals surface area contributed by atoms with Crippen molar-refractivity contribution < 1.29 is 8.81 Å². The van der Waals surface area contributed by atoms with E-state index in [1.54, 1.807) is 6.07 Å². The number of anilines is 6. The van der Waals surface area contributed by atoms with Gasteiger partial charge in [-0.25, -0.2) is 4.39 Å². The van der Waals surface area contributed by atoms with Gasteiger partial charge in [-0.2, -0.15) is 0 Å². The molecule has 3 nitrogen and oxygen atoms in total. The Bertz CT molecular complexity index is 3090. The van der Waals surface area contributed by atoms with E-state index in [0.29, 0.717) is 0 Å². The molecule has 11 rings (SSSR count). The Labute approximate surface area is 380 Å². The molecular formula is C59H62BFN2O. The van der Waals surface area contributed by atoms with Crippen molar-refractivity contribution in [3.63, 3.8) is 0 Å². The fraction of sp³-hybridized carbons (Fsp3) is 0.356. The molecule has 64 heavy (non-hydrogen) atoms. The Morgan fingerprint density at radius 2 is 1.17 bits per heavy atom. The summed E-state index contributed by atoms with van der Waals surface area (Å²) in [5.41, 5.74) is 19.4. The van der Waals surface area contributed by atoms with Gasteiger partial charge in [0.2, 0.25) is 5.88 Å². The quantitative estimate of drug-likeness (QED) is 0.165. The Morgan fingerprint density at radius 1 is 0.562 bits per heavy atom. The number of hydrogen-bond acceptors (Lipinski definition) is 3. The first kappa shape index (κ1) is 41.2. The van der Waals surface area contributed by atoms with Crippen LogP contribution >= 0.6 is 0 Å². The van der Waals surface area contributed by atoms with Crippen LogP contribution in [0.5, 0.6) is 0 Å². The van der Waals surface area contributed by atoms with Gasteiger partial charge in [0.25, 0.3) is 6.71 Å². The molecule has 0 amide bonds. The Hall–Kier alpha value is -5.55. The molecule has 0 saturated carbocycles. The second-order valence-corrected chi connectivity index (χ2v) is 23.4. The Balaban J connectivity index is 1.28. The lowest BCUT2D eigenvalue weighted by Crippen LogP contribution is -2.61. The van der Waals surface area contributed by atoms with Gasteiger partial charge in [0.15, 0.2) is 0 Å². The summed E-state index contributed by atoms with van der Waals surface area (Å²) in [6, 6.07) is 39.9. The zero-order valence-corrected chi connectivity index (χ0v) is 40.0. The summed E-state index contributed by atoms with van der Waals surface area (Å²) < 4.78 is 24.4. The average molecular weight is 845 g/mol. The van der Waals surface area contributed by atoms with Gasteiger partial charge in [-0.05, 0) is 159 Å². The number of rotatable bonds is 3. The van der Waals surface area contributed by atoms with E-state index >= 15 is 4.39 Å². The number of furan rings is 1.